The standard InChI is InChI=1S/C25H24N4O3S/c1-4-19(22(30)27-17-11-6-5-7-12-17)29-14-26-24-20(25(29)32)16(3)21(33-24)23(31)28-18-13-9-8-10-15(18)2/h5-14,19H,4H2,1-3H3,(H,27,30)(H,28,31). The number of benzene rings is 2. The highest BCUT2D eigenvalue weighted by Crippen LogP contribution is 2.28. The number of aryl methyl sites for hydroxylation is 2. The molecule has 1 atom stereocenters. The third-order valence-electron chi connectivity index (χ3n) is 5.54. The van der Waals surface area contributed by atoms with Crippen LogP contribution in [0.3, 0.4) is 0 Å². The van der Waals surface area contributed by atoms with Gasteiger partial charge in [-0.05, 0) is 49.6 Å². The molecular weight excluding hydrogens is 436 g/mol. The normalized spacial score (nSPS) is 11.8. The minimum atomic E-state index is -0.724. The summed E-state index contributed by atoms with van der Waals surface area (Å²) in [7, 11) is 0. The highest BCUT2D eigenvalue weighted by Gasteiger charge is 2.24. The van der Waals surface area contributed by atoms with E-state index in [1.54, 1.807) is 19.1 Å². The van der Waals surface area contributed by atoms with Gasteiger partial charge in [-0.25, -0.2) is 4.98 Å². The van der Waals surface area contributed by atoms with Crippen LogP contribution in [-0.2, 0) is 4.79 Å². The summed E-state index contributed by atoms with van der Waals surface area (Å²) in [5.41, 5.74) is 2.54. The Kier molecular flexibility index (Phi) is 6.37. The van der Waals surface area contributed by atoms with E-state index in [2.05, 4.69) is 15.6 Å². The molecule has 168 valence electrons. The molecule has 2 amide bonds. The number of amides is 2. The highest BCUT2D eigenvalue weighted by molar-refractivity contribution is 7.20. The van der Waals surface area contributed by atoms with Crippen LogP contribution in [0.5, 0.6) is 0 Å². The van der Waals surface area contributed by atoms with Gasteiger partial charge in [0.1, 0.15) is 10.9 Å². The number of carbonyl (C=O) groups excluding carboxylic acids is 2. The van der Waals surface area contributed by atoms with Crippen molar-refractivity contribution in [3.63, 3.8) is 0 Å². The molecule has 2 aromatic carbocycles. The number of para-hydroxylation sites is 2. The first-order chi connectivity index (χ1) is 15.9. The molecule has 2 aromatic heterocycles. The number of nitrogens with one attached hydrogen (secondary N) is 2. The van der Waals surface area contributed by atoms with E-state index in [1.165, 1.54) is 22.2 Å². The van der Waals surface area contributed by atoms with Crippen molar-refractivity contribution in [3.8, 4) is 0 Å². The minimum absolute atomic E-state index is 0.287. The van der Waals surface area contributed by atoms with E-state index in [4.69, 9.17) is 0 Å². The van der Waals surface area contributed by atoms with Gasteiger partial charge in [-0.3, -0.25) is 19.0 Å². The molecule has 2 heterocycles. The maximum Gasteiger partial charge on any atom is 0.266 e. The van der Waals surface area contributed by atoms with E-state index in [-0.39, 0.29) is 17.4 Å². The van der Waals surface area contributed by atoms with Gasteiger partial charge in [0.2, 0.25) is 5.91 Å². The van der Waals surface area contributed by atoms with E-state index < -0.39 is 6.04 Å². The third kappa shape index (κ3) is 4.42. The quantitative estimate of drug-likeness (QED) is 0.427. The molecule has 0 aliphatic rings. The van der Waals surface area contributed by atoms with Crippen LogP contribution in [0.2, 0.25) is 0 Å². The molecule has 0 fully saturated rings. The lowest BCUT2D eigenvalue weighted by Gasteiger charge is -2.17. The molecule has 0 aliphatic carbocycles. The van der Waals surface area contributed by atoms with Gasteiger partial charge < -0.3 is 10.6 Å². The highest BCUT2D eigenvalue weighted by atomic mass is 32.1. The van der Waals surface area contributed by atoms with Crippen LogP contribution >= 0.6 is 11.3 Å². The second-order valence-corrected chi connectivity index (χ2v) is 8.74. The molecule has 0 bridgehead atoms. The van der Waals surface area contributed by atoms with Gasteiger partial charge in [0.15, 0.2) is 0 Å². The van der Waals surface area contributed by atoms with Crippen LogP contribution in [0.4, 0.5) is 11.4 Å². The molecule has 4 rings (SSSR count). The number of anilines is 2. The van der Waals surface area contributed by atoms with Crippen molar-refractivity contribution in [1.82, 2.24) is 9.55 Å². The summed E-state index contributed by atoms with van der Waals surface area (Å²) in [5, 5.41) is 6.13. The fourth-order valence-electron chi connectivity index (χ4n) is 3.72. The summed E-state index contributed by atoms with van der Waals surface area (Å²) >= 11 is 1.17. The number of fused-ring (bicyclic) bond motifs is 1. The predicted octanol–water partition coefficient (Wildman–Crippen LogP) is 4.92. The molecule has 0 radical (unpaired) electrons. The fourth-order valence-corrected chi connectivity index (χ4v) is 4.76. The van der Waals surface area contributed by atoms with Gasteiger partial charge >= 0.3 is 0 Å². The summed E-state index contributed by atoms with van der Waals surface area (Å²) in [6.07, 6.45) is 1.80. The van der Waals surface area contributed by atoms with Crippen LogP contribution in [0, 0.1) is 13.8 Å². The second-order valence-electron chi connectivity index (χ2n) is 7.74. The summed E-state index contributed by atoms with van der Waals surface area (Å²) in [6, 6.07) is 15.9. The first-order valence-electron chi connectivity index (χ1n) is 10.6. The number of hydrogen-bond donors (Lipinski definition) is 2. The van der Waals surface area contributed by atoms with Gasteiger partial charge in [-0.1, -0.05) is 43.3 Å². The van der Waals surface area contributed by atoms with Crippen molar-refractivity contribution < 1.29 is 9.59 Å². The molecule has 0 saturated carbocycles. The molecular formula is C25H24N4O3S. The molecule has 7 nitrogen and oxygen atoms in total. The van der Waals surface area contributed by atoms with Crippen molar-refractivity contribution >= 4 is 44.7 Å². The Balaban J connectivity index is 1.68. The van der Waals surface area contributed by atoms with E-state index >= 15 is 0 Å². The predicted molar refractivity (Wildman–Crippen MR) is 132 cm³/mol. The van der Waals surface area contributed by atoms with Crippen LogP contribution in [0.1, 0.15) is 40.2 Å². The fraction of sp³-hybridized carbons (Fsp3) is 0.200. The lowest BCUT2D eigenvalue weighted by atomic mass is 10.1. The summed E-state index contributed by atoms with van der Waals surface area (Å²) in [6.45, 7) is 5.50. The maximum atomic E-state index is 13.4. The van der Waals surface area contributed by atoms with Crippen molar-refractivity contribution in [1.29, 1.82) is 0 Å². The largest absolute Gasteiger partial charge is 0.324 e. The third-order valence-corrected chi connectivity index (χ3v) is 6.74. The molecule has 33 heavy (non-hydrogen) atoms. The molecule has 0 spiro atoms. The van der Waals surface area contributed by atoms with E-state index in [9.17, 15) is 14.4 Å². The minimum Gasteiger partial charge on any atom is -0.324 e. The topological polar surface area (TPSA) is 93.1 Å². The lowest BCUT2D eigenvalue weighted by molar-refractivity contribution is -0.119. The van der Waals surface area contributed by atoms with Crippen molar-refractivity contribution in [2.45, 2.75) is 33.2 Å². The average Bonchev–Trinajstić information content (AvgIpc) is 3.15. The van der Waals surface area contributed by atoms with Crippen LogP contribution < -0.4 is 16.2 Å². The van der Waals surface area contributed by atoms with Crippen molar-refractivity contribution in [3.05, 3.63) is 87.3 Å². The van der Waals surface area contributed by atoms with Crippen LogP contribution in [0.25, 0.3) is 10.2 Å². The van der Waals surface area contributed by atoms with Crippen LogP contribution in [-0.4, -0.2) is 21.4 Å². The Bertz CT molecular complexity index is 1390. The monoisotopic (exact) mass is 460 g/mol. The van der Waals surface area contributed by atoms with Crippen molar-refractivity contribution in [2.75, 3.05) is 10.6 Å². The molecule has 4 aromatic rings. The molecule has 8 heteroatoms. The van der Waals surface area contributed by atoms with Crippen LogP contribution in [0.15, 0.2) is 65.7 Å². The first kappa shape index (κ1) is 22.4. The second kappa shape index (κ2) is 9.38. The SMILES string of the molecule is CCC(C(=O)Nc1ccccc1)n1cnc2sc(C(=O)Nc3ccccc3C)c(C)c2c1=O. The van der Waals surface area contributed by atoms with Gasteiger partial charge in [-0.2, -0.15) is 0 Å². The number of thiophene rings is 1. The van der Waals surface area contributed by atoms with Gasteiger partial charge in [-0.15, -0.1) is 11.3 Å². The molecule has 0 saturated heterocycles. The average molecular weight is 461 g/mol. The Hall–Kier alpha value is -3.78. The smallest absolute Gasteiger partial charge is 0.266 e. The number of nitrogens with zero attached hydrogens (tertiary/aromatic N) is 2. The Morgan fingerprint density at radius 3 is 2.42 bits per heavy atom. The zero-order chi connectivity index (χ0) is 23.5. The number of carbonyl (C=O) groups is 2. The Morgan fingerprint density at radius 2 is 1.73 bits per heavy atom. The zero-order valence-corrected chi connectivity index (χ0v) is 19.4. The van der Waals surface area contributed by atoms with E-state index in [1.807, 2.05) is 56.3 Å². The van der Waals surface area contributed by atoms with Gasteiger partial charge in [0, 0.05) is 11.4 Å². The number of hydrogen-bond acceptors (Lipinski definition) is 5. The number of rotatable bonds is 6. The molecule has 2 N–H and O–H groups in total. The van der Waals surface area contributed by atoms with Gasteiger partial charge in [0.25, 0.3) is 11.5 Å². The Morgan fingerprint density at radius 1 is 1.03 bits per heavy atom. The first-order valence-corrected chi connectivity index (χ1v) is 11.5. The van der Waals surface area contributed by atoms with Crippen molar-refractivity contribution in [2.24, 2.45) is 0 Å². The number of aromatic nitrogens is 2. The van der Waals surface area contributed by atoms with E-state index in [0.717, 1.165) is 5.56 Å². The van der Waals surface area contributed by atoms with Gasteiger partial charge in [0.05, 0.1) is 16.6 Å². The summed E-state index contributed by atoms with van der Waals surface area (Å²) in [5.74, 6) is -0.582. The summed E-state index contributed by atoms with van der Waals surface area (Å²) in [4.78, 5) is 44.5. The van der Waals surface area contributed by atoms with E-state index in [0.29, 0.717) is 38.5 Å². The summed E-state index contributed by atoms with van der Waals surface area (Å²) < 4.78 is 1.35. The molecule has 1 unspecified atom stereocenters. The zero-order valence-electron chi connectivity index (χ0n) is 18.6. The lowest BCUT2D eigenvalue weighted by Crippen LogP contribution is -2.33. The Labute approximate surface area is 195 Å². The molecule has 0 aliphatic heterocycles. The maximum absolute atomic E-state index is 13.4.